The molecule has 0 spiro atoms. The summed E-state index contributed by atoms with van der Waals surface area (Å²) in [6, 6.07) is 15.7. The average molecular weight is 1470 g/mol. The van der Waals surface area contributed by atoms with Crippen molar-refractivity contribution in [3.63, 3.8) is 0 Å². The van der Waals surface area contributed by atoms with Crippen LogP contribution in [0.15, 0.2) is 200 Å². The van der Waals surface area contributed by atoms with Gasteiger partial charge in [0.15, 0.2) is 0 Å². The summed E-state index contributed by atoms with van der Waals surface area (Å²) in [5, 5.41) is 0. The molecule has 0 aliphatic carbocycles. The van der Waals surface area contributed by atoms with E-state index in [9.17, 15) is 57.5 Å². The van der Waals surface area contributed by atoms with Gasteiger partial charge in [0.1, 0.15) is 57.2 Å². The maximum absolute atomic E-state index is 11.0. The van der Waals surface area contributed by atoms with E-state index in [1.807, 2.05) is 62.4 Å². The summed E-state index contributed by atoms with van der Waals surface area (Å²) >= 11 is 0. The largest absolute Gasteiger partial charge is 0.490 e. The normalized spacial score (nSPS) is 9.99. The van der Waals surface area contributed by atoms with Crippen LogP contribution in [0, 0.1) is 5.41 Å². The Morgan fingerprint density at radius 3 is 0.790 bits per heavy atom. The molecule has 0 aromatic heterocycles. The first-order valence-corrected chi connectivity index (χ1v) is 32.6. The van der Waals surface area contributed by atoms with Crippen molar-refractivity contribution in [3.05, 3.63) is 212 Å². The van der Waals surface area contributed by atoms with E-state index in [0.717, 1.165) is 110 Å². The molecule has 2 rings (SSSR count). The SMILES string of the molecule is C=CC(=O)OCC(C)(C)COC(=O)C=C.C=CC(=O)OCCC(C)OC(=O)C=C.C=CC(=O)OCCCCCCOC(=O)C=C.C=CC(=O)OCCCCOC(=O)C=C.C=CC(=O)OCCOCCOC(=O)C=C.C=CC(=O)OCCOc1ccc(C(C)(C)c2ccc(OCCOC(=O)C=C)cc2)cc1. The predicted molar refractivity (Wildman–Crippen MR) is 391 cm³/mol. The summed E-state index contributed by atoms with van der Waals surface area (Å²) in [6.07, 6.45) is 18.2. The maximum atomic E-state index is 11.0. The lowest BCUT2D eigenvalue weighted by molar-refractivity contribution is -0.147. The van der Waals surface area contributed by atoms with Gasteiger partial charge < -0.3 is 71.1 Å². The zero-order valence-corrected chi connectivity index (χ0v) is 61.2. The molecule has 0 saturated carbocycles. The molecule has 1 unspecified atom stereocenters. The molecule has 0 amide bonds. The van der Waals surface area contributed by atoms with Crippen molar-refractivity contribution < 1.29 is 129 Å². The van der Waals surface area contributed by atoms with Crippen molar-refractivity contribution in [2.24, 2.45) is 5.41 Å². The molecule has 2 aromatic carbocycles. The van der Waals surface area contributed by atoms with Crippen LogP contribution in [-0.4, -0.2) is 177 Å². The van der Waals surface area contributed by atoms with Crippen LogP contribution >= 0.6 is 0 Å². The second kappa shape index (κ2) is 65.8. The van der Waals surface area contributed by atoms with Gasteiger partial charge in [-0.05, 0) is 80.8 Å². The van der Waals surface area contributed by atoms with Crippen molar-refractivity contribution in [1.82, 2.24) is 0 Å². The third-order valence-corrected chi connectivity index (χ3v) is 12.1. The quantitative estimate of drug-likeness (QED) is 0.0257. The lowest BCUT2D eigenvalue weighted by Crippen LogP contribution is -2.27. The van der Waals surface area contributed by atoms with Gasteiger partial charge in [-0.3, -0.25) is 0 Å². The molecule has 578 valence electrons. The third-order valence-electron chi connectivity index (χ3n) is 12.1. The minimum atomic E-state index is -0.489. The fraction of sp³-hybridized carbons (Fsp3) is 0.385. The highest BCUT2D eigenvalue weighted by atomic mass is 16.6. The molecular formula is C78H104O27. The van der Waals surface area contributed by atoms with Crippen LogP contribution in [0.1, 0.15) is 90.7 Å². The summed E-state index contributed by atoms with van der Waals surface area (Å²) in [5.74, 6) is -4.09. The number of benzene rings is 2. The standard InChI is InChI=1S/C25H28O6.C12H18O4.C11H16O4.C10H14O5.2C10H14O4/c1-5-23(26)30-17-15-28-21-11-7-19(8-12-21)25(3,4)20-9-13-22(14-10-20)29-16-18-31-24(27)6-2;1-3-11(13)15-9-7-5-6-8-10-16-12(14)4-2;1-5-9(12)14-7-11(3,4)8-15-10(13)6-2;1-3-9(11)14-7-5-13-6-8-15-10(12)4-2;1-4-9(11)13-7-6-8(3)14-10(12)5-2;1-3-9(11)13-7-5-6-8-14-10(12)4-2/h5-14H,1-2,15-18H2,3-4H3;3-4H,1-2,5-10H2;5-6H,1-2,7-8H2,3-4H3;3-4H,1-2,5-8H2;4-5,8H,1-2,6-7H2,3H3;3-4H,1-2,5-8H2. The van der Waals surface area contributed by atoms with E-state index in [0.29, 0.717) is 57.2 Å². The molecule has 0 aliphatic heterocycles. The number of unbranched alkanes of at least 4 members (excludes halogenated alkanes) is 4. The van der Waals surface area contributed by atoms with E-state index >= 15 is 0 Å². The van der Waals surface area contributed by atoms with Gasteiger partial charge in [-0.1, -0.05) is 131 Å². The highest BCUT2D eigenvalue weighted by Gasteiger charge is 2.24. The Hall–Kier alpha value is -11.5. The van der Waals surface area contributed by atoms with E-state index in [1.165, 1.54) is 0 Å². The molecule has 0 bridgehead atoms. The predicted octanol–water partition coefficient (Wildman–Crippen LogP) is 10.6. The number of hydrogen-bond acceptors (Lipinski definition) is 27. The monoisotopic (exact) mass is 1470 g/mol. The first kappa shape index (κ1) is 99.9. The summed E-state index contributed by atoms with van der Waals surface area (Å²) in [5.41, 5.74) is 1.61. The van der Waals surface area contributed by atoms with Crippen molar-refractivity contribution in [2.75, 3.05) is 99.1 Å². The van der Waals surface area contributed by atoms with Gasteiger partial charge in [-0.25, -0.2) is 57.5 Å². The Morgan fingerprint density at radius 2 is 0.524 bits per heavy atom. The van der Waals surface area contributed by atoms with Crippen molar-refractivity contribution in [1.29, 1.82) is 0 Å². The van der Waals surface area contributed by atoms with Crippen LogP contribution in [0.3, 0.4) is 0 Å². The van der Waals surface area contributed by atoms with Crippen LogP contribution < -0.4 is 9.47 Å². The summed E-state index contributed by atoms with van der Waals surface area (Å²) in [6.45, 7) is 52.7. The second-order valence-electron chi connectivity index (χ2n) is 21.5. The van der Waals surface area contributed by atoms with Crippen LogP contribution in [0.4, 0.5) is 0 Å². The van der Waals surface area contributed by atoms with Crippen LogP contribution in [0.2, 0.25) is 0 Å². The summed E-state index contributed by atoms with van der Waals surface area (Å²) in [4.78, 5) is 128. The van der Waals surface area contributed by atoms with E-state index < -0.39 is 65.1 Å². The number of hydrogen-bond donors (Lipinski definition) is 0. The Bertz CT molecular complexity index is 2890. The van der Waals surface area contributed by atoms with Crippen LogP contribution in [0.5, 0.6) is 11.5 Å². The smallest absolute Gasteiger partial charge is 0.330 e. The molecule has 27 heteroatoms. The number of ether oxygens (including phenoxy) is 15. The van der Waals surface area contributed by atoms with Gasteiger partial charge in [0.2, 0.25) is 0 Å². The zero-order chi connectivity index (χ0) is 80.1. The summed E-state index contributed by atoms with van der Waals surface area (Å²) in [7, 11) is 0. The fourth-order valence-electron chi connectivity index (χ4n) is 6.52. The molecule has 105 heavy (non-hydrogen) atoms. The van der Waals surface area contributed by atoms with Gasteiger partial charge in [-0.15, -0.1) is 0 Å². The Kier molecular flexibility index (Phi) is 62.6. The number of rotatable bonds is 48. The minimum absolute atomic E-state index is 0.153. The van der Waals surface area contributed by atoms with Crippen LogP contribution in [0.25, 0.3) is 0 Å². The minimum Gasteiger partial charge on any atom is -0.490 e. The first-order chi connectivity index (χ1) is 50.0. The van der Waals surface area contributed by atoms with Gasteiger partial charge in [0.05, 0.1) is 59.5 Å². The zero-order valence-electron chi connectivity index (χ0n) is 61.2. The van der Waals surface area contributed by atoms with E-state index in [2.05, 4.69) is 102 Å². The van der Waals surface area contributed by atoms with Crippen molar-refractivity contribution in [3.8, 4) is 11.5 Å². The number of carbonyl (C=O) groups is 12. The maximum Gasteiger partial charge on any atom is 0.330 e. The molecule has 2 aromatic rings. The molecular weight excluding hydrogens is 1370 g/mol. The molecule has 0 heterocycles. The molecule has 27 nitrogen and oxygen atoms in total. The third kappa shape index (κ3) is 62.1. The first-order valence-electron chi connectivity index (χ1n) is 32.6. The lowest BCUT2D eigenvalue weighted by atomic mass is 9.78. The van der Waals surface area contributed by atoms with Gasteiger partial charge >= 0.3 is 71.6 Å². The Balaban J connectivity index is -0.000000605. The van der Waals surface area contributed by atoms with E-state index in [1.54, 1.807) is 6.92 Å². The van der Waals surface area contributed by atoms with Gasteiger partial charge in [0, 0.05) is 90.2 Å². The topological polar surface area (TPSA) is 343 Å². The summed E-state index contributed by atoms with van der Waals surface area (Å²) < 4.78 is 73.5. The van der Waals surface area contributed by atoms with E-state index in [-0.39, 0.29) is 96.1 Å². The molecule has 0 aliphatic rings. The lowest BCUT2D eigenvalue weighted by Gasteiger charge is -2.26. The second-order valence-corrected chi connectivity index (χ2v) is 21.5. The highest BCUT2D eigenvalue weighted by Crippen LogP contribution is 2.33. The Morgan fingerprint density at radius 1 is 0.295 bits per heavy atom. The van der Waals surface area contributed by atoms with Gasteiger partial charge in [-0.2, -0.15) is 0 Å². The average Bonchev–Trinajstić information content (AvgIpc) is 0.805. The molecule has 0 fully saturated rings. The van der Waals surface area contributed by atoms with Crippen molar-refractivity contribution >= 4 is 71.6 Å². The van der Waals surface area contributed by atoms with Crippen LogP contribution in [-0.2, 0) is 125 Å². The Labute approximate surface area is 616 Å². The molecule has 0 N–H and O–H groups in total. The van der Waals surface area contributed by atoms with Gasteiger partial charge in [0.25, 0.3) is 0 Å². The molecule has 1 atom stereocenters. The molecule has 0 saturated heterocycles. The number of carbonyl (C=O) groups excluding carboxylic acids is 12. The molecule has 0 radical (unpaired) electrons. The number of esters is 12. The van der Waals surface area contributed by atoms with Crippen molar-refractivity contribution in [2.45, 2.75) is 91.1 Å². The highest BCUT2D eigenvalue weighted by molar-refractivity contribution is 5.85. The fourth-order valence-corrected chi connectivity index (χ4v) is 6.52. The van der Waals surface area contributed by atoms with E-state index in [4.69, 9.17) is 61.6 Å².